The van der Waals surface area contributed by atoms with Crippen molar-refractivity contribution in [2.24, 2.45) is 23.7 Å². The van der Waals surface area contributed by atoms with Crippen LogP contribution in [-0.2, 0) is 4.79 Å². The van der Waals surface area contributed by atoms with Crippen molar-refractivity contribution in [1.82, 2.24) is 5.32 Å². The van der Waals surface area contributed by atoms with E-state index in [9.17, 15) is 4.79 Å². The summed E-state index contributed by atoms with van der Waals surface area (Å²) in [5, 5.41) is 3.19. The predicted molar refractivity (Wildman–Crippen MR) is 83.2 cm³/mol. The lowest BCUT2D eigenvalue weighted by atomic mass is 9.80. The maximum atomic E-state index is 12.7. The van der Waals surface area contributed by atoms with Crippen LogP contribution in [0.25, 0.3) is 5.57 Å². The van der Waals surface area contributed by atoms with Gasteiger partial charge in [-0.1, -0.05) is 13.8 Å². The summed E-state index contributed by atoms with van der Waals surface area (Å²) in [4.78, 5) is 12.7. The molecule has 0 aliphatic heterocycles. The largest absolute Gasteiger partial charge is 0.465 e. The Morgan fingerprint density at radius 1 is 1.38 bits per heavy atom. The molecule has 114 valence electrons. The van der Waals surface area contributed by atoms with Crippen LogP contribution in [0.1, 0.15) is 52.2 Å². The molecule has 0 aromatic carbocycles. The number of allylic oxidation sites excluding steroid dienone is 2. The van der Waals surface area contributed by atoms with E-state index in [0.717, 1.165) is 29.4 Å². The minimum atomic E-state index is 0.203. The molecular weight excluding hydrogens is 262 g/mol. The molecule has 1 N–H and O–H groups in total. The highest BCUT2D eigenvalue weighted by Gasteiger charge is 2.48. The maximum Gasteiger partial charge on any atom is 0.227 e. The van der Waals surface area contributed by atoms with Crippen LogP contribution in [0.2, 0.25) is 0 Å². The highest BCUT2D eigenvalue weighted by Crippen LogP contribution is 2.52. The van der Waals surface area contributed by atoms with Gasteiger partial charge in [0.05, 0.1) is 6.26 Å². The molecule has 3 heteroatoms. The highest BCUT2D eigenvalue weighted by molar-refractivity contribution is 5.83. The van der Waals surface area contributed by atoms with Gasteiger partial charge in [-0.2, -0.15) is 0 Å². The van der Waals surface area contributed by atoms with Crippen molar-refractivity contribution in [2.45, 2.75) is 46.5 Å². The summed E-state index contributed by atoms with van der Waals surface area (Å²) >= 11 is 0. The van der Waals surface area contributed by atoms with E-state index in [-0.39, 0.29) is 11.8 Å². The fraction of sp³-hybridized carbons (Fsp3) is 0.611. The second kappa shape index (κ2) is 5.70. The number of carbonyl (C=O) groups excluding carboxylic acids is 1. The minimum Gasteiger partial charge on any atom is -0.465 e. The lowest BCUT2D eigenvalue weighted by Crippen LogP contribution is -2.37. The highest BCUT2D eigenvalue weighted by atomic mass is 16.3. The van der Waals surface area contributed by atoms with Gasteiger partial charge in [-0.05, 0) is 62.5 Å². The summed E-state index contributed by atoms with van der Waals surface area (Å²) in [5.41, 5.74) is 2.02. The van der Waals surface area contributed by atoms with Gasteiger partial charge in [0.25, 0.3) is 0 Å². The van der Waals surface area contributed by atoms with E-state index >= 15 is 0 Å². The third-order valence-corrected chi connectivity index (χ3v) is 5.61. The number of fused-ring (bicyclic) bond motifs is 2. The number of rotatable bonds is 4. The molecule has 3 rings (SSSR count). The molecule has 0 saturated heterocycles. The first-order valence-electron chi connectivity index (χ1n) is 8.16. The van der Waals surface area contributed by atoms with Gasteiger partial charge in [-0.25, -0.2) is 0 Å². The lowest BCUT2D eigenvalue weighted by molar-refractivity contribution is -0.127. The molecule has 2 bridgehead atoms. The average molecular weight is 287 g/mol. The zero-order valence-corrected chi connectivity index (χ0v) is 13.2. The fourth-order valence-corrected chi connectivity index (χ4v) is 4.35. The van der Waals surface area contributed by atoms with Crippen molar-refractivity contribution in [2.75, 3.05) is 0 Å². The predicted octanol–water partition coefficient (Wildman–Crippen LogP) is 4.22. The van der Waals surface area contributed by atoms with Crippen molar-refractivity contribution in [3.05, 3.63) is 29.9 Å². The normalized spacial score (nSPS) is 32.1. The van der Waals surface area contributed by atoms with Crippen LogP contribution in [0.5, 0.6) is 0 Å². The standard InChI is InChI=1S/C18H25NO2/c1-4-15(12(3)16-6-5-9-21-16)19-18(20)17-11(2)13-7-8-14(17)10-13/h5-6,9,11,13-14,17H,4,7-8,10H2,1-3H3,(H,19,20). The molecule has 1 amide bonds. The Morgan fingerprint density at radius 2 is 2.14 bits per heavy atom. The Balaban J connectivity index is 1.75. The Hall–Kier alpha value is -1.51. The van der Waals surface area contributed by atoms with Crippen LogP contribution in [0, 0.1) is 23.7 Å². The summed E-state index contributed by atoms with van der Waals surface area (Å²) < 4.78 is 5.45. The number of nitrogens with one attached hydrogen (secondary N) is 1. The topological polar surface area (TPSA) is 42.2 Å². The molecule has 1 heterocycles. The van der Waals surface area contributed by atoms with Gasteiger partial charge in [-0.15, -0.1) is 0 Å². The first-order valence-corrected chi connectivity index (χ1v) is 8.16. The van der Waals surface area contributed by atoms with E-state index in [1.165, 1.54) is 19.3 Å². The summed E-state index contributed by atoms with van der Waals surface area (Å²) in [6, 6.07) is 3.82. The quantitative estimate of drug-likeness (QED) is 0.901. The molecule has 1 aromatic rings. The van der Waals surface area contributed by atoms with Gasteiger partial charge in [0.2, 0.25) is 5.91 Å². The van der Waals surface area contributed by atoms with E-state index in [1.54, 1.807) is 6.26 Å². The zero-order valence-electron chi connectivity index (χ0n) is 13.2. The van der Waals surface area contributed by atoms with E-state index in [1.807, 2.05) is 19.1 Å². The molecule has 2 saturated carbocycles. The molecule has 1 aromatic heterocycles. The van der Waals surface area contributed by atoms with Crippen molar-refractivity contribution in [3.63, 3.8) is 0 Å². The summed E-state index contributed by atoms with van der Waals surface area (Å²) in [7, 11) is 0. The third-order valence-electron chi connectivity index (χ3n) is 5.61. The molecule has 2 aliphatic rings. The monoisotopic (exact) mass is 287 g/mol. The van der Waals surface area contributed by atoms with Crippen LogP contribution in [0.3, 0.4) is 0 Å². The molecule has 0 radical (unpaired) electrons. The Bertz CT molecular complexity index is 542. The van der Waals surface area contributed by atoms with E-state index < -0.39 is 0 Å². The zero-order chi connectivity index (χ0) is 15.0. The van der Waals surface area contributed by atoms with E-state index in [2.05, 4.69) is 19.2 Å². The number of hydrogen-bond acceptors (Lipinski definition) is 2. The second-order valence-electron chi connectivity index (χ2n) is 6.64. The van der Waals surface area contributed by atoms with Gasteiger partial charge in [0.1, 0.15) is 5.76 Å². The summed E-state index contributed by atoms with van der Waals surface area (Å²) in [6.07, 6.45) is 6.29. The van der Waals surface area contributed by atoms with Gasteiger partial charge >= 0.3 is 0 Å². The van der Waals surface area contributed by atoms with Gasteiger partial charge in [0, 0.05) is 17.2 Å². The Kier molecular flexibility index (Phi) is 3.92. The van der Waals surface area contributed by atoms with Crippen LogP contribution in [0.4, 0.5) is 0 Å². The summed E-state index contributed by atoms with van der Waals surface area (Å²) in [6.45, 7) is 6.34. The smallest absolute Gasteiger partial charge is 0.227 e. The average Bonchev–Trinajstić information content (AvgIpc) is 3.19. The van der Waals surface area contributed by atoms with Crippen molar-refractivity contribution >= 4 is 11.5 Å². The molecule has 4 atom stereocenters. The number of furan rings is 1. The first kappa shape index (κ1) is 14.4. The van der Waals surface area contributed by atoms with Crippen molar-refractivity contribution in [1.29, 1.82) is 0 Å². The van der Waals surface area contributed by atoms with Gasteiger partial charge in [0.15, 0.2) is 0 Å². The maximum absolute atomic E-state index is 12.7. The van der Waals surface area contributed by atoms with Crippen LogP contribution in [-0.4, -0.2) is 5.91 Å². The fourth-order valence-electron chi connectivity index (χ4n) is 4.35. The molecular formula is C18H25NO2. The van der Waals surface area contributed by atoms with E-state index in [0.29, 0.717) is 11.8 Å². The molecule has 2 fully saturated rings. The number of carbonyl (C=O) groups is 1. The van der Waals surface area contributed by atoms with Crippen LogP contribution < -0.4 is 5.32 Å². The Morgan fingerprint density at radius 3 is 2.71 bits per heavy atom. The summed E-state index contributed by atoms with van der Waals surface area (Å²) in [5.74, 6) is 3.17. The third kappa shape index (κ3) is 2.54. The molecule has 4 unspecified atom stereocenters. The molecule has 2 aliphatic carbocycles. The van der Waals surface area contributed by atoms with Gasteiger partial charge in [-0.3, -0.25) is 4.79 Å². The van der Waals surface area contributed by atoms with E-state index in [4.69, 9.17) is 4.42 Å². The van der Waals surface area contributed by atoms with Crippen LogP contribution in [0.15, 0.2) is 28.5 Å². The SMILES string of the molecule is CCC(NC(=O)C1C2CCC(C2)C1C)=C(C)c1ccco1. The molecule has 21 heavy (non-hydrogen) atoms. The van der Waals surface area contributed by atoms with Crippen LogP contribution >= 0.6 is 0 Å². The molecule has 0 spiro atoms. The van der Waals surface area contributed by atoms with Gasteiger partial charge < -0.3 is 9.73 Å². The van der Waals surface area contributed by atoms with Crippen molar-refractivity contribution in [3.8, 4) is 0 Å². The second-order valence-corrected chi connectivity index (χ2v) is 6.64. The minimum absolute atomic E-state index is 0.203. The number of amides is 1. The van der Waals surface area contributed by atoms with Crippen molar-refractivity contribution < 1.29 is 9.21 Å². The molecule has 3 nitrogen and oxygen atoms in total. The Labute approximate surface area is 126 Å². The lowest BCUT2D eigenvalue weighted by Gasteiger charge is -2.27. The first-order chi connectivity index (χ1) is 10.1. The number of hydrogen-bond donors (Lipinski definition) is 1.